The summed E-state index contributed by atoms with van der Waals surface area (Å²) < 4.78 is 10.8. The van der Waals surface area contributed by atoms with Gasteiger partial charge < -0.3 is 14.8 Å². The van der Waals surface area contributed by atoms with Gasteiger partial charge in [0.1, 0.15) is 0 Å². The van der Waals surface area contributed by atoms with Gasteiger partial charge in [0.25, 0.3) is 0 Å². The summed E-state index contributed by atoms with van der Waals surface area (Å²) in [5.74, 6) is 0.736. The Labute approximate surface area is 94.5 Å². The van der Waals surface area contributed by atoms with E-state index in [-0.39, 0.29) is 0 Å². The van der Waals surface area contributed by atoms with Gasteiger partial charge in [0, 0.05) is 26.3 Å². The van der Waals surface area contributed by atoms with Crippen molar-refractivity contribution >= 4 is 0 Å². The van der Waals surface area contributed by atoms with E-state index in [0.29, 0.717) is 0 Å². The number of rotatable bonds is 11. The summed E-state index contributed by atoms with van der Waals surface area (Å²) in [6.45, 7) is 11.8. The Hall–Kier alpha value is -0.120. The van der Waals surface area contributed by atoms with Gasteiger partial charge in [0.05, 0.1) is 13.2 Å². The molecule has 3 heteroatoms. The second-order valence-electron chi connectivity index (χ2n) is 4.16. The van der Waals surface area contributed by atoms with Crippen molar-refractivity contribution < 1.29 is 9.47 Å². The average molecular weight is 217 g/mol. The van der Waals surface area contributed by atoms with Crippen LogP contribution >= 0.6 is 0 Å². The molecule has 15 heavy (non-hydrogen) atoms. The van der Waals surface area contributed by atoms with Gasteiger partial charge in [-0.3, -0.25) is 0 Å². The standard InChI is InChI=1S/C12H27NO2/c1-4-8-14-10-6-13-7-11-15-9-5-12(2)3/h12-13H,4-11H2,1-3H3. The zero-order chi connectivity index (χ0) is 11.4. The van der Waals surface area contributed by atoms with Crippen LogP contribution in [-0.2, 0) is 9.47 Å². The number of ether oxygens (including phenoxy) is 2. The Bertz CT molecular complexity index is 118. The van der Waals surface area contributed by atoms with E-state index in [1.54, 1.807) is 0 Å². The molecule has 0 heterocycles. The minimum absolute atomic E-state index is 0.736. The lowest BCUT2D eigenvalue weighted by molar-refractivity contribution is 0.116. The second kappa shape index (κ2) is 12.0. The largest absolute Gasteiger partial charge is 0.380 e. The van der Waals surface area contributed by atoms with Crippen molar-refractivity contribution in [2.75, 3.05) is 39.5 Å². The van der Waals surface area contributed by atoms with E-state index in [1.807, 2.05) is 0 Å². The average Bonchev–Trinajstić information content (AvgIpc) is 2.20. The van der Waals surface area contributed by atoms with Crippen molar-refractivity contribution in [1.82, 2.24) is 5.32 Å². The van der Waals surface area contributed by atoms with Crippen molar-refractivity contribution in [3.63, 3.8) is 0 Å². The predicted molar refractivity (Wildman–Crippen MR) is 64.3 cm³/mol. The quantitative estimate of drug-likeness (QED) is 0.537. The lowest BCUT2D eigenvalue weighted by Gasteiger charge is -2.07. The molecule has 0 aliphatic rings. The molecule has 0 aromatic rings. The molecule has 0 aliphatic carbocycles. The van der Waals surface area contributed by atoms with Gasteiger partial charge in [-0.15, -0.1) is 0 Å². The summed E-state index contributed by atoms with van der Waals surface area (Å²) in [4.78, 5) is 0. The predicted octanol–water partition coefficient (Wildman–Crippen LogP) is 2.07. The Kier molecular flexibility index (Phi) is 11.9. The van der Waals surface area contributed by atoms with Crippen LogP contribution in [0.1, 0.15) is 33.6 Å². The Morgan fingerprint density at radius 1 is 0.933 bits per heavy atom. The minimum Gasteiger partial charge on any atom is -0.380 e. The molecule has 0 amide bonds. The molecule has 0 fully saturated rings. The van der Waals surface area contributed by atoms with E-state index >= 15 is 0 Å². The monoisotopic (exact) mass is 217 g/mol. The van der Waals surface area contributed by atoms with Crippen LogP contribution < -0.4 is 5.32 Å². The first-order valence-corrected chi connectivity index (χ1v) is 6.13. The Morgan fingerprint density at radius 3 is 2.07 bits per heavy atom. The Morgan fingerprint density at radius 2 is 1.53 bits per heavy atom. The van der Waals surface area contributed by atoms with E-state index in [2.05, 4.69) is 26.1 Å². The molecule has 0 saturated heterocycles. The summed E-state index contributed by atoms with van der Waals surface area (Å²) in [6.07, 6.45) is 2.25. The molecule has 0 aromatic heterocycles. The molecule has 0 saturated carbocycles. The fraction of sp³-hybridized carbons (Fsp3) is 1.00. The van der Waals surface area contributed by atoms with E-state index in [1.165, 1.54) is 0 Å². The van der Waals surface area contributed by atoms with E-state index < -0.39 is 0 Å². The molecule has 0 radical (unpaired) electrons. The lowest BCUT2D eigenvalue weighted by atomic mass is 10.1. The van der Waals surface area contributed by atoms with Crippen molar-refractivity contribution in [1.29, 1.82) is 0 Å². The first-order chi connectivity index (χ1) is 7.27. The van der Waals surface area contributed by atoms with E-state index in [9.17, 15) is 0 Å². The molecule has 3 nitrogen and oxygen atoms in total. The maximum absolute atomic E-state index is 5.47. The minimum atomic E-state index is 0.736. The highest BCUT2D eigenvalue weighted by molar-refractivity contribution is 4.46. The SMILES string of the molecule is CCCOCCNCCOCCC(C)C. The van der Waals surface area contributed by atoms with Crippen LogP contribution in [0, 0.1) is 5.92 Å². The molecule has 0 rings (SSSR count). The zero-order valence-electron chi connectivity index (χ0n) is 10.6. The fourth-order valence-electron chi connectivity index (χ4n) is 1.08. The van der Waals surface area contributed by atoms with Crippen LogP contribution in [0.4, 0.5) is 0 Å². The third kappa shape index (κ3) is 13.9. The Balaban J connectivity index is 2.87. The highest BCUT2D eigenvalue weighted by Crippen LogP contribution is 1.98. The van der Waals surface area contributed by atoms with Gasteiger partial charge in [-0.2, -0.15) is 0 Å². The van der Waals surface area contributed by atoms with Crippen LogP contribution in [0.25, 0.3) is 0 Å². The number of nitrogens with one attached hydrogen (secondary N) is 1. The molecule has 0 unspecified atom stereocenters. The van der Waals surface area contributed by atoms with Crippen LogP contribution in [-0.4, -0.2) is 39.5 Å². The third-order valence-corrected chi connectivity index (χ3v) is 2.03. The van der Waals surface area contributed by atoms with Crippen molar-refractivity contribution in [3.05, 3.63) is 0 Å². The first kappa shape index (κ1) is 14.9. The highest BCUT2D eigenvalue weighted by Gasteiger charge is 1.93. The number of hydrogen-bond donors (Lipinski definition) is 1. The molecule has 0 atom stereocenters. The first-order valence-electron chi connectivity index (χ1n) is 6.13. The van der Waals surface area contributed by atoms with E-state index in [0.717, 1.165) is 58.3 Å². The smallest absolute Gasteiger partial charge is 0.0590 e. The molecule has 92 valence electrons. The van der Waals surface area contributed by atoms with Gasteiger partial charge >= 0.3 is 0 Å². The topological polar surface area (TPSA) is 30.5 Å². The zero-order valence-corrected chi connectivity index (χ0v) is 10.6. The second-order valence-corrected chi connectivity index (χ2v) is 4.16. The van der Waals surface area contributed by atoms with Crippen molar-refractivity contribution in [2.45, 2.75) is 33.6 Å². The maximum atomic E-state index is 5.47. The lowest BCUT2D eigenvalue weighted by Crippen LogP contribution is -2.24. The van der Waals surface area contributed by atoms with Crippen LogP contribution in [0.2, 0.25) is 0 Å². The molecule has 0 aliphatic heterocycles. The fourth-order valence-corrected chi connectivity index (χ4v) is 1.08. The van der Waals surface area contributed by atoms with E-state index in [4.69, 9.17) is 9.47 Å². The molecule has 0 bridgehead atoms. The normalized spacial score (nSPS) is 11.2. The summed E-state index contributed by atoms with van der Waals surface area (Å²) in [6, 6.07) is 0. The van der Waals surface area contributed by atoms with Gasteiger partial charge in [-0.05, 0) is 18.8 Å². The number of hydrogen-bond acceptors (Lipinski definition) is 3. The van der Waals surface area contributed by atoms with Gasteiger partial charge in [0.15, 0.2) is 0 Å². The van der Waals surface area contributed by atoms with Crippen LogP contribution in [0.5, 0.6) is 0 Å². The molecular weight excluding hydrogens is 190 g/mol. The van der Waals surface area contributed by atoms with Gasteiger partial charge in [-0.1, -0.05) is 20.8 Å². The molecular formula is C12H27NO2. The van der Waals surface area contributed by atoms with Crippen molar-refractivity contribution in [2.24, 2.45) is 5.92 Å². The maximum Gasteiger partial charge on any atom is 0.0590 e. The molecule has 0 spiro atoms. The summed E-state index contributed by atoms with van der Waals surface area (Å²) >= 11 is 0. The summed E-state index contributed by atoms with van der Waals surface area (Å²) in [7, 11) is 0. The van der Waals surface area contributed by atoms with Crippen molar-refractivity contribution in [3.8, 4) is 0 Å². The summed E-state index contributed by atoms with van der Waals surface area (Å²) in [5, 5.41) is 3.28. The molecule has 0 aromatic carbocycles. The van der Waals surface area contributed by atoms with Gasteiger partial charge in [-0.25, -0.2) is 0 Å². The summed E-state index contributed by atoms with van der Waals surface area (Å²) in [5.41, 5.74) is 0. The third-order valence-electron chi connectivity index (χ3n) is 2.03. The molecule has 1 N–H and O–H groups in total. The van der Waals surface area contributed by atoms with Gasteiger partial charge in [0.2, 0.25) is 0 Å². The highest BCUT2D eigenvalue weighted by atomic mass is 16.5. The van der Waals surface area contributed by atoms with Crippen LogP contribution in [0.15, 0.2) is 0 Å². The van der Waals surface area contributed by atoms with Crippen LogP contribution in [0.3, 0.4) is 0 Å².